The van der Waals surface area contributed by atoms with Crippen LogP contribution in [0.4, 0.5) is 0 Å². The van der Waals surface area contributed by atoms with Gasteiger partial charge in [0.05, 0.1) is 35.8 Å². The molecule has 114 valence electrons. The molecule has 0 radical (unpaired) electrons. The van der Waals surface area contributed by atoms with E-state index in [1.807, 2.05) is 17.7 Å². The van der Waals surface area contributed by atoms with Gasteiger partial charge in [0.1, 0.15) is 0 Å². The third kappa shape index (κ3) is 3.51. The fourth-order valence-electron chi connectivity index (χ4n) is 2.19. The molecule has 0 aliphatic carbocycles. The molecule has 0 aromatic carbocycles. The van der Waals surface area contributed by atoms with Crippen molar-refractivity contribution in [2.75, 3.05) is 13.7 Å². The van der Waals surface area contributed by atoms with E-state index in [1.165, 1.54) is 0 Å². The first kappa shape index (κ1) is 15.7. The van der Waals surface area contributed by atoms with Crippen molar-refractivity contribution in [1.82, 2.24) is 25.3 Å². The largest absolute Gasteiger partial charge is 0.480 e. The number of nitrogens with one attached hydrogen (secondary N) is 1. The first-order chi connectivity index (χ1) is 10.2. The minimum atomic E-state index is -0.144. The number of nitrogens with zero attached hydrogens (tertiary/aromatic N) is 4. The second kappa shape index (κ2) is 7.38. The first-order valence-electron chi connectivity index (χ1n) is 7.03. The third-order valence-corrected chi connectivity index (χ3v) is 3.41. The molecule has 0 aliphatic rings. The van der Waals surface area contributed by atoms with Crippen LogP contribution in [0.1, 0.15) is 37.7 Å². The Morgan fingerprint density at radius 2 is 2.14 bits per heavy atom. The van der Waals surface area contributed by atoms with Crippen LogP contribution >= 0.6 is 11.6 Å². The topological polar surface area (TPSA) is 64.9 Å². The Kier molecular flexibility index (Phi) is 5.52. The summed E-state index contributed by atoms with van der Waals surface area (Å²) in [5, 5.41) is 16.6. The van der Waals surface area contributed by atoms with Crippen molar-refractivity contribution >= 4 is 11.6 Å². The van der Waals surface area contributed by atoms with Gasteiger partial charge in [-0.1, -0.05) is 25.4 Å². The van der Waals surface area contributed by atoms with Crippen LogP contribution in [0, 0.1) is 0 Å². The second-order valence-corrected chi connectivity index (χ2v) is 5.00. The number of aromatic nitrogens is 4. The van der Waals surface area contributed by atoms with Crippen molar-refractivity contribution in [1.29, 1.82) is 0 Å². The van der Waals surface area contributed by atoms with Crippen LogP contribution in [0.3, 0.4) is 0 Å². The van der Waals surface area contributed by atoms with Crippen LogP contribution in [0.25, 0.3) is 0 Å². The predicted octanol–water partition coefficient (Wildman–Crippen LogP) is 2.44. The molecule has 6 nitrogen and oxygen atoms in total. The van der Waals surface area contributed by atoms with Crippen molar-refractivity contribution in [3.05, 3.63) is 34.7 Å². The van der Waals surface area contributed by atoms with Gasteiger partial charge in [-0.25, -0.2) is 0 Å². The molecule has 0 saturated carbocycles. The van der Waals surface area contributed by atoms with Gasteiger partial charge >= 0.3 is 0 Å². The lowest BCUT2D eigenvalue weighted by Crippen LogP contribution is -2.26. The predicted molar refractivity (Wildman–Crippen MR) is 81.6 cm³/mol. The average Bonchev–Trinajstić information content (AvgIpc) is 2.86. The molecule has 2 aromatic rings. The Hall–Kier alpha value is -1.66. The number of ether oxygens (including phenoxy) is 1. The van der Waals surface area contributed by atoms with Crippen molar-refractivity contribution in [2.24, 2.45) is 0 Å². The maximum Gasteiger partial charge on any atom is 0.233 e. The summed E-state index contributed by atoms with van der Waals surface area (Å²) in [5.41, 5.74) is 1.71. The molecule has 1 unspecified atom stereocenters. The standard InChI is InChI=1S/C14H20ClN5O/c1-4-8-20-14(10(15)9-17-20)13(16-5-2)11-6-7-12(21-3)19-18-11/h6-7,9,13,16H,4-5,8H2,1-3H3. The minimum Gasteiger partial charge on any atom is -0.480 e. The van der Waals surface area contributed by atoms with E-state index >= 15 is 0 Å². The first-order valence-corrected chi connectivity index (χ1v) is 7.41. The molecule has 2 rings (SSSR count). The van der Waals surface area contributed by atoms with Crippen molar-refractivity contribution in [3.63, 3.8) is 0 Å². The van der Waals surface area contributed by atoms with Gasteiger partial charge in [0, 0.05) is 12.6 Å². The number of hydrogen-bond acceptors (Lipinski definition) is 5. The number of methoxy groups -OCH3 is 1. The third-order valence-electron chi connectivity index (χ3n) is 3.12. The van der Waals surface area contributed by atoms with Crippen molar-refractivity contribution in [2.45, 2.75) is 32.9 Å². The second-order valence-electron chi connectivity index (χ2n) is 4.59. The smallest absolute Gasteiger partial charge is 0.233 e. The summed E-state index contributed by atoms with van der Waals surface area (Å²) in [6, 6.07) is 3.54. The van der Waals surface area contributed by atoms with E-state index in [0.717, 1.165) is 30.9 Å². The fourth-order valence-corrected chi connectivity index (χ4v) is 2.44. The highest BCUT2D eigenvalue weighted by molar-refractivity contribution is 6.31. The lowest BCUT2D eigenvalue weighted by atomic mass is 10.1. The van der Waals surface area contributed by atoms with E-state index in [1.54, 1.807) is 19.4 Å². The summed E-state index contributed by atoms with van der Waals surface area (Å²) < 4.78 is 6.97. The van der Waals surface area contributed by atoms with Crippen LogP contribution < -0.4 is 10.1 Å². The summed E-state index contributed by atoms with van der Waals surface area (Å²) in [6.45, 7) is 5.74. The SMILES string of the molecule is CCCn1ncc(Cl)c1C(NCC)c1ccc(OC)nn1. The zero-order valence-electron chi connectivity index (χ0n) is 12.5. The molecule has 1 atom stereocenters. The highest BCUT2D eigenvalue weighted by Crippen LogP contribution is 2.27. The van der Waals surface area contributed by atoms with Crippen molar-refractivity contribution < 1.29 is 4.74 Å². The normalized spacial score (nSPS) is 12.4. The Labute approximate surface area is 129 Å². The molecule has 0 saturated heterocycles. The van der Waals surface area contributed by atoms with Gasteiger partial charge in [-0.2, -0.15) is 5.10 Å². The van der Waals surface area contributed by atoms with Crippen LogP contribution in [0.15, 0.2) is 18.3 Å². The van der Waals surface area contributed by atoms with Gasteiger partial charge in [-0.05, 0) is 19.0 Å². The number of aryl methyl sites for hydroxylation is 1. The fraction of sp³-hybridized carbons (Fsp3) is 0.500. The lowest BCUT2D eigenvalue weighted by molar-refractivity contribution is 0.389. The molecule has 0 amide bonds. The van der Waals surface area contributed by atoms with E-state index in [-0.39, 0.29) is 6.04 Å². The molecule has 0 spiro atoms. The Balaban J connectivity index is 2.40. The van der Waals surface area contributed by atoms with E-state index in [2.05, 4.69) is 27.5 Å². The molecule has 21 heavy (non-hydrogen) atoms. The van der Waals surface area contributed by atoms with E-state index in [4.69, 9.17) is 16.3 Å². The number of hydrogen-bond donors (Lipinski definition) is 1. The molecular formula is C14H20ClN5O. The zero-order valence-corrected chi connectivity index (χ0v) is 13.3. The summed E-state index contributed by atoms with van der Waals surface area (Å²) in [4.78, 5) is 0. The van der Waals surface area contributed by atoms with Gasteiger partial charge in [-0.15, -0.1) is 10.2 Å². The molecule has 1 N–H and O–H groups in total. The Morgan fingerprint density at radius 1 is 1.33 bits per heavy atom. The van der Waals surface area contributed by atoms with Gasteiger partial charge < -0.3 is 10.1 Å². The minimum absolute atomic E-state index is 0.144. The van der Waals surface area contributed by atoms with E-state index in [0.29, 0.717) is 10.9 Å². The van der Waals surface area contributed by atoms with Gasteiger partial charge in [0.2, 0.25) is 5.88 Å². The molecular weight excluding hydrogens is 290 g/mol. The van der Waals surface area contributed by atoms with Gasteiger partial charge in [-0.3, -0.25) is 4.68 Å². The van der Waals surface area contributed by atoms with Crippen LogP contribution in [-0.2, 0) is 6.54 Å². The van der Waals surface area contributed by atoms with Crippen LogP contribution in [0.5, 0.6) is 5.88 Å². The molecule has 2 aromatic heterocycles. The summed E-state index contributed by atoms with van der Waals surface area (Å²) >= 11 is 6.32. The molecule has 0 bridgehead atoms. The maximum atomic E-state index is 6.32. The van der Waals surface area contributed by atoms with Crippen LogP contribution in [-0.4, -0.2) is 33.6 Å². The molecule has 7 heteroatoms. The summed E-state index contributed by atoms with van der Waals surface area (Å²) in [5.74, 6) is 0.488. The highest BCUT2D eigenvalue weighted by Gasteiger charge is 2.23. The average molecular weight is 310 g/mol. The van der Waals surface area contributed by atoms with Gasteiger partial charge in [0.15, 0.2) is 0 Å². The molecule has 0 fully saturated rings. The Bertz CT molecular complexity index is 569. The molecule has 2 heterocycles. The lowest BCUT2D eigenvalue weighted by Gasteiger charge is -2.19. The molecule has 0 aliphatic heterocycles. The van der Waals surface area contributed by atoms with E-state index < -0.39 is 0 Å². The zero-order chi connectivity index (χ0) is 15.2. The number of rotatable bonds is 7. The summed E-state index contributed by atoms with van der Waals surface area (Å²) in [6.07, 6.45) is 2.66. The maximum absolute atomic E-state index is 6.32. The van der Waals surface area contributed by atoms with Gasteiger partial charge in [0.25, 0.3) is 0 Å². The monoisotopic (exact) mass is 309 g/mol. The quantitative estimate of drug-likeness (QED) is 0.851. The number of halogens is 1. The summed E-state index contributed by atoms with van der Waals surface area (Å²) in [7, 11) is 1.57. The van der Waals surface area contributed by atoms with Crippen molar-refractivity contribution in [3.8, 4) is 5.88 Å². The Morgan fingerprint density at radius 3 is 2.71 bits per heavy atom. The highest BCUT2D eigenvalue weighted by atomic mass is 35.5. The van der Waals surface area contributed by atoms with Crippen LogP contribution in [0.2, 0.25) is 5.02 Å². The van der Waals surface area contributed by atoms with E-state index in [9.17, 15) is 0 Å².